The molecule has 4 aromatic rings. The van der Waals surface area contributed by atoms with Gasteiger partial charge in [0.2, 0.25) is 5.83 Å². The average molecular weight is 598 g/mol. The molecule has 0 aliphatic rings. The van der Waals surface area contributed by atoms with Crippen LogP contribution in [0, 0.1) is 29.1 Å². The standard InChI is InChI=1S/C31H20F10O/c1-2-42-30(38)29(37)19-8-10-21(25(34)13-19)18-7-6-17(23(32)12-18)5-3-16-4-9-22(24(33)11-16)20-14-26(35)28(27(36)15-20)31(39,40)41/h4,6-15H,2-3,5H2,1H3/b30-29-. The monoisotopic (exact) mass is 598 g/mol. The molecule has 0 atom stereocenters. The van der Waals surface area contributed by atoms with Crippen LogP contribution in [0.15, 0.2) is 72.7 Å². The number of halogens is 10. The fourth-order valence-corrected chi connectivity index (χ4v) is 4.33. The Morgan fingerprint density at radius 3 is 1.81 bits per heavy atom. The number of aryl methyl sites for hydroxylation is 2. The average Bonchev–Trinajstić information content (AvgIpc) is 2.90. The molecular weight excluding hydrogens is 578 g/mol. The Kier molecular flexibility index (Phi) is 8.98. The molecule has 0 unspecified atom stereocenters. The number of benzene rings is 4. The van der Waals surface area contributed by atoms with Crippen molar-refractivity contribution in [2.24, 2.45) is 0 Å². The van der Waals surface area contributed by atoms with E-state index in [9.17, 15) is 43.9 Å². The molecule has 0 spiro atoms. The molecule has 0 saturated heterocycles. The molecule has 0 bridgehead atoms. The zero-order valence-electron chi connectivity index (χ0n) is 21.7. The van der Waals surface area contributed by atoms with E-state index < -0.39 is 63.8 Å². The van der Waals surface area contributed by atoms with E-state index in [1.165, 1.54) is 25.1 Å². The van der Waals surface area contributed by atoms with Crippen LogP contribution in [-0.4, -0.2) is 6.61 Å². The van der Waals surface area contributed by atoms with Crippen molar-refractivity contribution in [3.8, 4) is 22.3 Å². The summed E-state index contributed by atoms with van der Waals surface area (Å²) in [6.07, 6.45) is -5.07. The van der Waals surface area contributed by atoms with Crippen LogP contribution < -0.4 is 0 Å². The van der Waals surface area contributed by atoms with Crippen molar-refractivity contribution in [3.63, 3.8) is 0 Å². The maximum Gasteiger partial charge on any atom is 0.422 e. The first-order chi connectivity index (χ1) is 19.8. The van der Waals surface area contributed by atoms with Crippen LogP contribution in [0.1, 0.15) is 29.2 Å². The lowest BCUT2D eigenvalue weighted by Gasteiger charge is -2.12. The molecule has 0 aromatic heterocycles. The molecular formula is C31H20F10O. The molecule has 4 aromatic carbocycles. The predicted octanol–water partition coefficient (Wildman–Crippen LogP) is 10.1. The van der Waals surface area contributed by atoms with Crippen molar-refractivity contribution in [3.05, 3.63) is 124 Å². The van der Waals surface area contributed by atoms with Crippen LogP contribution in [0.5, 0.6) is 0 Å². The van der Waals surface area contributed by atoms with Crippen molar-refractivity contribution in [1.29, 1.82) is 0 Å². The molecule has 0 aliphatic heterocycles. The lowest BCUT2D eigenvalue weighted by molar-refractivity contribution is -0.142. The topological polar surface area (TPSA) is 9.23 Å². The van der Waals surface area contributed by atoms with Crippen molar-refractivity contribution >= 4 is 5.83 Å². The third-order valence-electron chi connectivity index (χ3n) is 6.38. The van der Waals surface area contributed by atoms with E-state index in [0.717, 1.165) is 36.4 Å². The van der Waals surface area contributed by atoms with Gasteiger partial charge in [0.25, 0.3) is 0 Å². The second-order valence-corrected chi connectivity index (χ2v) is 9.15. The lowest BCUT2D eigenvalue weighted by atomic mass is 9.97. The second kappa shape index (κ2) is 12.3. The highest BCUT2D eigenvalue weighted by atomic mass is 19.4. The van der Waals surface area contributed by atoms with Gasteiger partial charge in [0.05, 0.1) is 6.61 Å². The van der Waals surface area contributed by atoms with Gasteiger partial charge in [-0.3, -0.25) is 0 Å². The summed E-state index contributed by atoms with van der Waals surface area (Å²) in [6.45, 7) is 1.32. The second-order valence-electron chi connectivity index (χ2n) is 9.15. The highest BCUT2D eigenvalue weighted by Gasteiger charge is 2.38. The van der Waals surface area contributed by atoms with E-state index in [0.29, 0.717) is 17.7 Å². The predicted molar refractivity (Wildman–Crippen MR) is 137 cm³/mol. The van der Waals surface area contributed by atoms with Gasteiger partial charge in [-0.25, -0.2) is 22.0 Å². The van der Waals surface area contributed by atoms with Gasteiger partial charge in [-0.05, 0) is 72.4 Å². The third-order valence-corrected chi connectivity index (χ3v) is 6.38. The van der Waals surface area contributed by atoms with E-state index in [2.05, 4.69) is 4.74 Å². The van der Waals surface area contributed by atoms with E-state index in [-0.39, 0.29) is 41.7 Å². The Balaban J connectivity index is 1.49. The summed E-state index contributed by atoms with van der Waals surface area (Å²) in [7, 11) is 0. The molecule has 0 saturated carbocycles. The molecule has 0 amide bonds. The minimum absolute atomic E-state index is 0.0670. The Morgan fingerprint density at radius 1 is 0.643 bits per heavy atom. The van der Waals surface area contributed by atoms with Crippen LogP contribution in [0.2, 0.25) is 0 Å². The summed E-state index contributed by atoms with van der Waals surface area (Å²) in [4.78, 5) is 0. The number of ether oxygens (including phenoxy) is 1. The van der Waals surface area contributed by atoms with Gasteiger partial charge in [-0.2, -0.15) is 22.0 Å². The minimum atomic E-state index is -5.26. The van der Waals surface area contributed by atoms with Gasteiger partial charge in [-0.15, -0.1) is 0 Å². The smallest absolute Gasteiger partial charge is 0.422 e. The molecule has 1 nitrogen and oxygen atoms in total. The summed E-state index contributed by atoms with van der Waals surface area (Å²) in [5.41, 5.74) is -2.61. The number of hydrogen-bond acceptors (Lipinski definition) is 1. The molecule has 220 valence electrons. The van der Waals surface area contributed by atoms with E-state index in [1.54, 1.807) is 0 Å². The van der Waals surface area contributed by atoms with Crippen LogP contribution in [0.3, 0.4) is 0 Å². The largest absolute Gasteiger partial charge is 0.469 e. The van der Waals surface area contributed by atoms with E-state index in [1.807, 2.05) is 0 Å². The summed E-state index contributed by atoms with van der Waals surface area (Å²) in [6, 6.07) is 9.73. The number of alkyl halides is 3. The zero-order valence-corrected chi connectivity index (χ0v) is 21.7. The Hall–Kier alpha value is -4.28. The highest BCUT2D eigenvalue weighted by Crippen LogP contribution is 2.36. The molecule has 0 heterocycles. The number of rotatable bonds is 8. The maximum absolute atomic E-state index is 14.8. The van der Waals surface area contributed by atoms with Crippen LogP contribution in [-0.2, 0) is 23.8 Å². The maximum atomic E-state index is 14.8. The quantitative estimate of drug-likeness (QED) is 0.145. The van der Waals surface area contributed by atoms with Crippen molar-refractivity contribution in [2.75, 3.05) is 6.61 Å². The van der Waals surface area contributed by atoms with Crippen LogP contribution >= 0.6 is 0 Å². The first-order valence-electron chi connectivity index (χ1n) is 12.4. The Labute approximate surface area is 233 Å². The molecule has 4 rings (SSSR count). The Bertz CT molecular complexity index is 1630. The molecule has 11 heteroatoms. The molecule has 42 heavy (non-hydrogen) atoms. The summed E-state index contributed by atoms with van der Waals surface area (Å²) < 4.78 is 143. The van der Waals surface area contributed by atoms with E-state index >= 15 is 0 Å². The molecule has 0 fully saturated rings. The van der Waals surface area contributed by atoms with Crippen LogP contribution in [0.25, 0.3) is 28.1 Å². The highest BCUT2D eigenvalue weighted by molar-refractivity contribution is 5.69. The van der Waals surface area contributed by atoms with Gasteiger partial charge in [0, 0.05) is 16.7 Å². The summed E-state index contributed by atoms with van der Waals surface area (Å²) >= 11 is 0. The summed E-state index contributed by atoms with van der Waals surface area (Å²) in [5, 5.41) is 0. The third kappa shape index (κ3) is 6.61. The molecule has 0 aliphatic carbocycles. The first-order valence-corrected chi connectivity index (χ1v) is 12.4. The van der Waals surface area contributed by atoms with Crippen molar-refractivity contribution in [2.45, 2.75) is 25.9 Å². The summed E-state index contributed by atoms with van der Waals surface area (Å²) in [5.74, 6) is -7.73. The fraction of sp³-hybridized carbons (Fsp3) is 0.161. The van der Waals surface area contributed by atoms with Gasteiger partial charge >= 0.3 is 12.2 Å². The normalized spacial score (nSPS) is 12.4. The Morgan fingerprint density at radius 2 is 1.24 bits per heavy atom. The van der Waals surface area contributed by atoms with Crippen molar-refractivity contribution < 1.29 is 48.6 Å². The first kappa shape index (κ1) is 30.7. The minimum Gasteiger partial charge on any atom is -0.469 e. The van der Waals surface area contributed by atoms with Gasteiger partial charge in [0.1, 0.15) is 34.6 Å². The lowest BCUT2D eigenvalue weighted by Crippen LogP contribution is -2.11. The van der Waals surface area contributed by atoms with E-state index in [4.69, 9.17) is 0 Å². The zero-order chi connectivity index (χ0) is 30.8. The van der Waals surface area contributed by atoms with Gasteiger partial charge in [-0.1, -0.05) is 36.4 Å². The van der Waals surface area contributed by atoms with Crippen molar-refractivity contribution in [1.82, 2.24) is 0 Å². The van der Waals surface area contributed by atoms with Gasteiger partial charge in [0.15, 0.2) is 0 Å². The van der Waals surface area contributed by atoms with Gasteiger partial charge < -0.3 is 4.74 Å². The fourth-order valence-electron chi connectivity index (χ4n) is 4.33. The SMILES string of the molecule is CCO/C(F)=C(\F)c1ccc(-c2ccc(CCc3ccc(-c4cc(F)c(C(F)(F)F)c(F)c4)c(F)c3)c(F)c2)c(F)c1. The molecule has 0 radical (unpaired) electrons. The number of hydrogen-bond donors (Lipinski definition) is 0. The van der Waals surface area contributed by atoms with Crippen LogP contribution in [0.4, 0.5) is 43.9 Å². The molecule has 0 N–H and O–H groups in total.